The molecule has 1 aromatic heterocycles. The Bertz CT molecular complexity index is 395. The molecule has 3 nitrogen and oxygen atoms in total. The van der Waals surface area contributed by atoms with Crippen molar-refractivity contribution in [2.24, 2.45) is 0 Å². The molecular formula is C11H12ClFN2O. The smallest absolute Gasteiger partial charge is 0.257 e. The minimum atomic E-state index is -0.576. The first-order valence-electron chi connectivity index (χ1n) is 5.20. The Hall–Kier alpha value is -1.16. The highest BCUT2D eigenvalue weighted by Crippen LogP contribution is 2.28. The molecule has 2 rings (SSSR count). The highest BCUT2D eigenvalue weighted by Gasteiger charge is 2.33. The van der Waals surface area contributed by atoms with Crippen LogP contribution in [0.2, 0.25) is 0 Å². The van der Waals surface area contributed by atoms with Crippen LogP contribution >= 0.6 is 11.6 Å². The van der Waals surface area contributed by atoms with Crippen molar-refractivity contribution in [1.29, 1.82) is 0 Å². The summed E-state index contributed by atoms with van der Waals surface area (Å²) in [5.74, 6) is -0.495. The van der Waals surface area contributed by atoms with E-state index < -0.39 is 5.82 Å². The largest absolute Gasteiger partial charge is 0.334 e. The van der Waals surface area contributed by atoms with Gasteiger partial charge in [0, 0.05) is 24.7 Å². The second-order valence-electron chi connectivity index (χ2n) is 3.77. The first-order valence-corrected chi connectivity index (χ1v) is 5.74. The molecule has 0 atom stereocenters. The highest BCUT2D eigenvalue weighted by atomic mass is 35.5. The van der Waals surface area contributed by atoms with Crippen LogP contribution in [0.3, 0.4) is 0 Å². The molecular weight excluding hydrogens is 231 g/mol. The summed E-state index contributed by atoms with van der Waals surface area (Å²) < 4.78 is 13.4. The quantitative estimate of drug-likeness (QED) is 0.758. The molecule has 1 fully saturated rings. The molecule has 1 aromatic rings. The first kappa shape index (κ1) is 11.3. The van der Waals surface area contributed by atoms with Crippen molar-refractivity contribution in [3.8, 4) is 0 Å². The summed E-state index contributed by atoms with van der Waals surface area (Å²) in [5, 5.41) is 0. The Labute approximate surface area is 98.2 Å². The first-order chi connectivity index (χ1) is 7.74. The number of carbonyl (C=O) groups excluding carboxylic acids is 1. The molecule has 1 heterocycles. The second kappa shape index (κ2) is 4.78. The van der Waals surface area contributed by atoms with Crippen molar-refractivity contribution in [1.82, 2.24) is 9.88 Å². The lowest BCUT2D eigenvalue weighted by molar-refractivity contribution is 0.0749. The topological polar surface area (TPSA) is 33.2 Å². The zero-order chi connectivity index (χ0) is 11.5. The lowest BCUT2D eigenvalue weighted by atomic mass is 10.2. The van der Waals surface area contributed by atoms with Gasteiger partial charge in [-0.2, -0.15) is 0 Å². The van der Waals surface area contributed by atoms with E-state index in [1.807, 2.05) is 0 Å². The average molecular weight is 243 g/mol. The minimum Gasteiger partial charge on any atom is -0.334 e. The van der Waals surface area contributed by atoms with E-state index in [-0.39, 0.29) is 17.5 Å². The molecule has 0 radical (unpaired) electrons. The number of alkyl halides is 1. The average Bonchev–Trinajstić information content (AvgIpc) is 3.09. The Morgan fingerprint density at radius 3 is 2.94 bits per heavy atom. The van der Waals surface area contributed by atoms with E-state index in [0.717, 1.165) is 19.0 Å². The van der Waals surface area contributed by atoms with Crippen molar-refractivity contribution in [2.75, 3.05) is 12.4 Å². The maximum Gasteiger partial charge on any atom is 0.257 e. The maximum absolute atomic E-state index is 13.4. The lowest BCUT2D eigenvalue weighted by Gasteiger charge is -2.21. The van der Waals surface area contributed by atoms with Gasteiger partial charge >= 0.3 is 0 Å². The molecule has 5 heteroatoms. The van der Waals surface area contributed by atoms with Gasteiger partial charge in [0.2, 0.25) is 0 Å². The van der Waals surface area contributed by atoms with Gasteiger partial charge < -0.3 is 4.90 Å². The van der Waals surface area contributed by atoms with E-state index in [0.29, 0.717) is 12.4 Å². The van der Waals surface area contributed by atoms with Gasteiger partial charge in [-0.3, -0.25) is 9.78 Å². The number of hydrogen-bond donors (Lipinski definition) is 0. The van der Waals surface area contributed by atoms with E-state index in [1.54, 1.807) is 4.90 Å². The predicted octanol–water partition coefficient (Wildman–Crippen LogP) is 2.06. The van der Waals surface area contributed by atoms with Gasteiger partial charge in [0.1, 0.15) is 0 Å². The molecule has 0 N–H and O–H groups in total. The summed E-state index contributed by atoms with van der Waals surface area (Å²) in [7, 11) is 0. The van der Waals surface area contributed by atoms with Crippen molar-refractivity contribution < 1.29 is 9.18 Å². The van der Waals surface area contributed by atoms with Gasteiger partial charge in [0.25, 0.3) is 5.91 Å². The molecule has 0 aliphatic heterocycles. The van der Waals surface area contributed by atoms with E-state index in [9.17, 15) is 9.18 Å². The van der Waals surface area contributed by atoms with Gasteiger partial charge in [-0.25, -0.2) is 4.39 Å². The molecule has 1 amide bonds. The number of carbonyl (C=O) groups is 1. The zero-order valence-electron chi connectivity index (χ0n) is 8.70. The molecule has 1 aliphatic rings. The number of rotatable bonds is 4. The van der Waals surface area contributed by atoms with Crippen molar-refractivity contribution in [3.63, 3.8) is 0 Å². The Balaban J connectivity index is 2.19. The minimum absolute atomic E-state index is 0.0759. The van der Waals surface area contributed by atoms with Gasteiger partial charge in [0.05, 0.1) is 11.8 Å². The summed E-state index contributed by atoms with van der Waals surface area (Å²) >= 11 is 5.64. The van der Waals surface area contributed by atoms with Crippen LogP contribution in [-0.4, -0.2) is 34.3 Å². The molecule has 1 saturated carbocycles. The van der Waals surface area contributed by atoms with Crippen molar-refractivity contribution >= 4 is 17.5 Å². The summed E-state index contributed by atoms with van der Waals surface area (Å²) in [6.45, 7) is 0.465. The number of halogens is 2. The standard InChI is InChI=1S/C11H12ClFN2O/c12-4-6-15(8-1-2-8)11(16)9-3-5-14-7-10(9)13/h3,5,7-8H,1-2,4,6H2. The lowest BCUT2D eigenvalue weighted by Crippen LogP contribution is -2.35. The highest BCUT2D eigenvalue weighted by molar-refractivity contribution is 6.18. The van der Waals surface area contributed by atoms with Gasteiger partial charge in [-0.1, -0.05) is 0 Å². The number of hydrogen-bond acceptors (Lipinski definition) is 2. The van der Waals surface area contributed by atoms with Gasteiger partial charge in [0.15, 0.2) is 5.82 Å². The summed E-state index contributed by atoms with van der Waals surface area (Å²) in [6.07, 6.45) is 4.44. The van der Waals surface area contributed by atoms with E-state index >= 15 is 0 Å². The van der Waals surface area contributed by atoms with Crippen LogP contribution in [0.15, 0.2) is 18.5 Å². The molecule has 0 spiro atoms. The Kier molecular flexibility index (Phi) is 3.39. The van der Waals surface area contributed by atoms with E-state index in [2.05, 4.69) is 4.98 Å². The van der Waals surface area contributed by atoms with Crippen LogP contribution in [0.5, 0.6) is 0 Å². The number of pyridine rings is 1. The normalized spacial score (nSPS) is 14.9. The van der Waals surface area contributed by atoms with Crippen LogP contribution in [0.1, 0.15) is 23.2 Å². The fraction of sp³-hybridized carbons (Fsp3) is 0.455. The third kappa shape index (κ3) is 2.32. The number of nitrogens with zero attached hydrogens (tertiary/aromatic N) is 2. The van der Waals surface area contributed by atoms with Crippen LogP contribution in [0.4, 0.5) is 4.39 Å². The Morgan fingerprint density at radius 2 is 2.38 bits per heavy atom. The molecule has 0 saturated heterocycles. The molecule has 16 heavy (non-hydrogen) atoms. The number of aromatic nitrogens is 1. The summed E-state index contributed by atoms with van der Waals surface area (Å²) in [5.41, 5.74) is 0.0759. The molecule has 1 aliphatic carbocycles. The monoisotopic (exact) mass is 242 g/mol. The molecule has 0 aromatic carbocycles. The van der Waals surface area contributed by atoms with E-state index in [1.165, 1.54) is 12.3 Å². The summed E-state index contributed by atoms with van der Waals surface area (Å²) in [4.78, 5) is 17.3. The summed E-state index contributed by atoms with van der Waals surface area (Å²) in [6, 6.07) is 1.64. The van der Waals surface area contributed by atoms with Crippen molar-refractivity contribution in [3.05, 3.63) is 29.8 Å². The Morgan fingerprint density at radius 1 is 1.62 bits per heavy atom. The fourth-order valence-corrected chi connectivity index (χ4v) is 1.81. The maximum atomic E-state index is 13.4. The van der Waals surface area contributed by atoms with Gasteiger partial charge in [-0.15, -0.1) is 11.6 Å². The molecule has 86 valence electrons. The van der Waals surface area contributed by atoms with E-state index in [4.69, 9.17) is 11.6 Å². The number of amides is 1. The molecule has 0 unspecified atom stereocenters. The second-order valence-corrected chi connectivity index (χ2v) is 4.15. The fourth-order valence-electron chi connectivity index (χ4n) is 1.63. The van der Waals surface area contributed by atoms with Crippen molar-refractivity contribution in [2.45, 2.75) is 18.9 Å². The molecule has 0 bridgehead atoms. The van der Waals surface area contributed by atoms with Crippen LogP contribution in [0, 0.1) is 5.82 Å². The third-order valence-corrected chi connectivity index (χ3v) is 2.75. The van der Waals surface area contributed by atoms with Crippen LogP contribution in [0.25, 0.3) is 0 Å². The van der Waals surface area contributed by atoms with Gasteiger partial charge in [-0.05, 0) is 18.9 Å². The van der Waals surface area contributed by atoms with Crippen LogP contribution < -0.4 is 0 Å². The predicted molar refractivity (Wildman–Crippen MR) is 59.0 cm³/mol. The zero-order valence-corrected chi connectivity index (χ0v) is 9.45. The third-order valence-electron chi connectivity index (χ3n) is 2.58. The SMILES string of the molecule is O=C(c1ccncc1F)N(CCCl)C1CC1. The van der Waals surface area contributed by atoms with Crippen LogP contribution in [-0.2, 0) is 0 Å².